The molecule has 190 valence electrons. The highest BCUT2D eigenvalue weighted by molar-refractivity contribution is 7.89. The van der Waals surface area contributed by atoms with Crippen molar-refractivity contribution in [1.29, 1.82) is 0 Å². The third kappa shape index (κ3) is 6.32. The van der Waals surface area contributed by atoms with Crippen LogP contribution in [-0.4, -0.2) is 45.2 Å². The molecular weight excluding hydrogens is 498 g/mol. The van der Waals surface area contributed by atoms with Crippen molar-refractivity contribution in [3.05, 3.63) is 63.7 Å². The first-order chi connectivity index (χ1) is 16.5. The topological polar surface area (TPSA) is 75.7 Å². The standard InChI is InChI=1S/C25H29ClF2N2O4S/c1-15(18-4-3-5-21(27)24(18)26)30-10-8-16(9-11-30)14-34-23-13-22(28)20(12-19(23)17-6-7-17)25(31)29-35(2,32)33/h3-5,12-13,15-17H,6-11,14H2,1-2H3,(H,29,31)/t15-/m0/s1. The van der Waals surface area contributed by atoms with Gasteiger partial charge in [0.25, 0.3) is 5.91 Å². The van der Waals surface area contributed by atoms with Crippen LogP contribution in [0.1, 0.15) is 66.1 Å². The summed E-state index contributed by atoms with van der Waals surface area (Å²) < 4.78 is 59.1. The Labute approximate surface area is 209 Å². The van der Waals surface area contributed by atoms with Gasteiger partial charge in [0.1, 0.15) is 17.4 Å². The van der Waals surface area contributed by atoms with Gasteiger partial charge in [-0.3, -0.25) is 9.69 Å². The highest BCUT2D eigenvalue weighted by Crippen LogP contribution is 2.45. The largest absolute Gasteiger partial charge is 0.493 e. The zero-order valence-corrected chi connectivity index (χ0v) is 21.3. The summed E-state index contributed by atoms with van der Waals surface area (Å²) in [7, 11) is -3.80. The van der Waals surface area contributed by atoms with E-state index in [9.17, 15) is 22.0 Å². The van der Waals surface area contributed by atoms with E-state index in [1.807, 2.05) is 17.7 Å². The third-order valence-electron chi connectivity index (χ3n) is 6.74. The second kappa shape index (κ2) is 10.4. The lowest BCUT2D eigenvalue weighted by molar-refractivity contribution is 0.0977. The van der Waals surface area contributed by atoms with Crippen LogP contribution < -0.4 is 9.46 Å². The van der Waals surface area contributed by atoms with Crippen LogP contribution in [0.5, 0.6) is 5.75 Å². The van der Waals surface area contributed by atoms with E-state index in [1.54, 1.807) is 6.07 Å². The van der Waals surface area contributed by atoms with Gasteiger partial charge in [0, 0.05) is 12.1 Å². The van der Waals surface area contributed by atoms with E-state index in [1.165, 1.54) is 18.2 Å². The van der Waals surface area contributed by atoms with Crippen molar-refractivity contribution in [3.8, 4) is 5.75 Å². The molecule has 0 aromatic heterocycles. The number of carbonyl (C=O) groups is 1. The third-order valence-corrected chi connectivity index (χ3v) is 7.70. The number of carbonyl (C=O) groups excluding carboxylic acids is 1. The van der Waals surface area contributed by atoms with E-state index in [-0.39, 0.29) is 28.5 Å². The number of halogens is 3. The first-order valence-electron chi connectivity index (χ1n) is 11.7. The van der Waals surface area contributed by atoms with Crippen LogP contribution in [0.4, 0.5) is 8.78 Å². The van der Waals surface area contributed by atoms with Crippen LogP contribution >= 0.6 is 11.6 Å². The Kier molecular flexibility index (Phi) is 7.68. The molecule has 0 bridgehead atoms. The Morgan fingerprint density at radius 2 is 1.86 bits per heavy atom. The first-order valence-corrected chi connectivity index (χ1v) is 14.0. The Morgan fingerprint density at radius 3 is 2.49 bits per heavy atom. The number of amides is 1. The van der Waals surface area contributed by atoms with Crippen molar-refractivity contribution in [1.82, 2.24) is 9.62 Å². The monoisotopic (exact) mass is 526 g/mol. The number of sulfonamides is 1. The van der Waals surface area contributed by atoms with Crippen LogP contribution in [0, 0.1) is 17.6 Å². The second-order valence-electron chi connectivity index (χ2n) is 9.46. The maximum Gasteiger partial charge on any atom is 0.267 e. The summed E-state index contributed by atoms with van der Waals surface area (Å²) in [5, 5.41) is 0.161. The van der Waals surface area contributed by atoms with E-state index in [4.69, 9.17) is 16.3 Å². The number of rotatable bonds is 8. The van der Waals surface area contributed by atoms with Crippen molar-refractivity contribution in [2.45, 2.75) is 44.6 Å². The minimum Gasteiger partial charge on any atom is -0.493 e. The van der Waals surface area contributed by atoms with E-state index >= 15 is 0 Å². The molecule has 6 nitrogen and oxygen atoms in total. The quantitative estimate of drug-likeness (QED) is 0.522. The Balaban J connectivity index is 1.38. The maximum atomic E-state index is 14.7. The summed E-state index contributed by atoms with van der Waals surface area (Å²) in [5.41, 5.74) is 1.20. The molecule has 1 heterocycles. The molecule has 1 atom stereocenters. The molecule has 1 amide bonds. The number of nitrogens with one attached hydrogen (secondary N) is 1. The second-order valence-corrected chi connectivity index (χ2v) is 11.6. The summed E-state index contributed by atoms with van der Waals surface area (Å²) in [6.07, 6.45) is 4.41. The van der Waals surface area contributed by atoms with Gasteiger partial charge in [-0.15, -0.1) is 0 Å². The van der Waals surface area contributed by atoms with Gasteiger partial charge in [-0.2, -0.15) is 0 Å². The molecule has 35 heavy (non-hydrogen) atoms. The normalized spacial score (nSPS) is 18.3. The van der Waals surface area contributed by atoms with Crippen LogP contribution in [-0.2, 0) is 10.0 Å². The zero-order chi connectivity index (χ0) is 25.3. The van der Waals surface area contributed by atoms with Crippen LogP contribution in [0.25, 0.3) is 0 Å². The fourth-order valence-electron chi connectivity index (χ4n) is 4.56. The van der Waals surface area contributed by atoms with Gasteiger partial charge in [-0.25, -0.2) is 21.9 Å². The van der Waals surface area contributed by atoms with Gasteiger partial charge in [-0.05, 0) is 80.8 Å². The van der Waals surface area contributed by atoms with Crippen LogP contribution in [0.2, 0.25) is 5.02 Å². The Morgan fingerprint density at radius 1 is 1.17 bits per heavy atom. The SMILES string of the molecule is C[C@@H](c1cccc(F)c1Cl)N1CCC(COc2cc(F)c(C(=O)NS(C)(=O)=O)cc2C2CC2)CC1. The number of hydrogen-bond donors (Lipinski definition) is 1. The molecular formula is C25H29ClF2N2O4S. The zero-order valence-electron chi connectivity index (χ0n) is 19.7. The fraction of sp³-hybridized carbons (Fsp3) is 0.480. The molecule has 0 unspecified atom stereocenters. The highest BCUT2D eigenvalue weighted by Gasteiger charge is 2.31. The Bertz CT molecular complexity index is 1210. The van der Waals surface area contributed by atoms with Crippen LogP contribution in [0.3, 0.4) is 0 Å². The molecule has 2 fully saturated rings. The first kappa shape index (κ1) is 25.9. The van der Waals surface area contributed by atoms with Crippen molar-refractivity contribution in [2.24, 2.45) is 5.92 Å². The number of likely N-dealkylation sites (tertiary alicyclic amines) is 1. The minimum atomic E-state index is -3.80. The number of ether oxygens (including phenoxy) is 1. The summed E-state index contributed by atoms with van der Waals surface area (Å²) in [4.78, 5) is 14.5. The predicted octanol–water partition coefficient (Wildman–Crippen LogP) is 5.04. The molecule has 1 N–H and O–H groups in total. The number of nitrogens with zero attached hydrogens (tertiary/aromatic N) is 1. The van der Waals surface area contributed by atoms with E-state index in [2.05, 4.69) is 4.90 Å². The molecule has 1 aliphatic heterocycles. The van der Waals surface area contributed by atoms with Gasteiger partial charge in [-0.1, -0.05) is 23.7 Å². The highest BCUT2D eigenvalue weighted by atomic mass is 35.5. The molecule has 2 aliphatic rings. The van der Waals surface area contributed by atoms with Gasteiger partial charge in [0.05, 0.1) is 23.4 Å². The summed E-state index contributed by atoms with van der Waals surface area (Å²) in [6, 6.07) is 7.45. The molecule has 0 radical (unpaired) electrons. The van der Waals surface area contributed by atoms with Crippen molar-refractivity contribution < 1.29 is 26.7 Å². The molecule has 0 spiro atoms. The van der Waals surface area contributed by atoms with Gasteiger partial charge < -0.3 is 4.74 Å². The average molecular weight is 527 g/mol. The molecule has 1 aliphatic carbocycles. The van der Waals surface area contributed by atoms with E-state index in [0.29, 0.717) is 12.4 Å². The minimum absolute atomic E-state index is 0.0127. The lowest BCUT2D eigenvalue weighted by Gasteiger charge is -2.36. The van der Waals surface area contributed by atoms with Crippen molar-refractivity contribution in [2.75, 3.05) is 26.0 Å². The summed E-state index contributed by atoms with van der Waals surface area (Å²) in [6.45, 7) is 4.04. The molecule has 10 heteroatoms. The smallest absolute Gasteiger partial charge is 0.267 e. The number of hydrogen-bond acceptors (Lipinski definition) is 5. The maximum absolute atomic E-state index is 14.7. The summed E-state index contributed by atoms with van der Waals surface area (Å²) >= 11 is 6.17. The number of benzene rings is 2. The van der Waals surface area contributed by atoms with E-state index < -0.39 is 27.6 Å². The molecule has 2 aromatic rings. The summed E-state index contributed by atoms with van der Waals surface area (Å²) in [5.74, 6) is -1.38. The van der Waals surface area contributed by atoms with E-state index in [0.717, 1.165) is 56.2 Å². The van der Waals surface area contributed by atoms with Crippen molar-refractivity contribution in [3.63, 3.8) is 0 Å². The average Bonchev–Trinajstić information content (AvgIpc) is 3.63. The predicted molar refractivity (Wildman–Crippen MR) is 130 cm³/mol. The fourth-order valence-corrected chi connectivity index (χ4v) is 5.29. The van der Waals surface area contributed by atoms with Crippen molar-refractivity contribution >= 4 is 27.5 Å². The molecule has 4 rings (SSSR count). The Hall–Kier alpha value is -2.23. The molecule has 1 saturated carbocycles. The molecule has 2 aromatic carbocycles. The lowest BCUT2D eigenvalue weighted by atomic mass is 9.95. The molecule has 1 saturated heterocycles. The van der Waals surface area contributed by atoms with Crippen LogP contribution in [0.15, 0.2) is 30.3 Å². The number of piperidine rings is 1. The lowest BCUT2D eigenvalue weighted by Crippen LogP contribution is -2.37. The van der Waals surface area contributed by atoms with Gasteiger partial charge in [0.15, 0.2) is 0 Å². The van der Waals surface area contributed by atoms with Gasteiger partial charge >= 0.3 is 0 Å². The van der Waals surface area contributed by atoms with Gasteiger partial charge in [0.2, 0.25) is 10.0 Å².